The van der Waals surface area contributed by atoms with E-state index in [0.717, 1.165) is 11.1 Å². The van der Waals surface area contributed by atoms with Crippen molar-refractivity contribution in [1.82, 2.24) is 4.98 Å². The van der Waals surface area contributed by atoms with Gasteiger partial charge in [0.2, 0.25) is 11.7 Å². The van der Waals surface area contributed by atoms with Crippen LogP contribution in [0.1, 0.15) is 47.2 Å². The number of amides is 1. The second-order valence-corrected chi connectivity index (χ2v) is 8.40. The lowest BCUT2D eigenvalue weighted by Gasteiger charge is -2.12. The van der Waals surface area contributed by atoms with Crippen molar-refractivity contribution in [2.24, 2.45) is 5.92 Å². The molecule has 7 heteroatoms. The topological polar surface area (TPSA) is 85.4 Å². The Morgan fingerprint density at radius 3 is 2.23 bits per heavy atom. The van der Waals surface area contributed by atoms with Crippen LogP contribution in [-0.2, 0) is 9.53 Å². The summed E-state index contributed by atoms with van der Waals surface area (Å²) in [7, 11) is 0. The third kappa shape index (κ3) is 5.64. The highest BCUT2D eigenvalue weighted by Gasteiger charge is 2.22. The lowest BCUT2D eigenvalue weighted by molar-refractivity contribution is -0.118. The van der Waals surface area contributed by atoms with Gasteiger partial charge in [-0.1, -0.05) is 43.7 Å². The van der Waals surface area contributed by atoms with E-state index in [-0.39, 0.29) is 23.3 Å². The van der Waals surface area contributed by atoms with Crippen LogP contribution < -0.4 is 5.32 Å². The average Bonchev–Trinajstić information content (AvgIpc) is 3.24. The van der Waals surface area contributed by atoms with Crippen molar-refractivity contribution in [2.75, 3.05) is 5.32 Å². The number of ketones is 1. The molecule has 1 unspecified atom stereocenters. The van der Waals surface area contributed by atoms with Crippen LogP contribution >= 0.6 is 11.3 Å². The van der Waals surface area contributed by atoms with Crippen molar-refractivity contribution in [3.63, 3.8) is 0 Å². The molecule has 1 heterocycles. The van der Waals surface area contributed by atoms with E-state index in [1.54, 1.807) is 43.5 Å². The molecule has 0 aliphatic rings. The number of carbonyl (C=O) groups excluding carboxylic acids is 3. The average molecular weight is 437 g/mol. The largest absolute Gasteiger partial charge is 0.450 e. The van der Waals surface area contributed by atoms with Crippen molar-refractivity contribution in [3.05, 3.63) is 70.7 Å². The Labute approximate surface area is 185 Å². The number of hydrogen-bond acceptors (Lipinski definition) is 6. The quantitative estimate of drug-likeness (QED) is 0.409. The van der Waals surface area contributed by atoms with Crippen LogP contribution in [0.4, 0.5) is 5.69 Å². The summed E-state index contributed by atoms with van der Waals surface area (Å²) in [6.07, 6.45) is -0.965. The van der Waals surface area contributed by atoms with E-state index in [1.165, 1.54) is 18.3 Å². The molecule has 160 valence electrons. The van der Waals surface area contributed by atoms with Gasteiger partial charge in [0.15, 0.2) is 11.8 Å². The molecule has 31 heavy (non-hydrogen) atoms. The number of rotatable bonds is 7. The molecule has 1 atom stereocenters. The number of nitrogens with one attached hydrogen (secondary N) is 1. The monoisotopic (exact) mass is 436 g/mol. The first-order valence-electron chi connectivity index (χ1n) is 9.93. The number of hydrogen-bond donors (Lipinski definition) is 1. The minimum Gasteiger partial charge on any atom is -0.450 e. The normalized spacial score (nSPS) is 11.8. The number of benzene rings is 2. The fraction of sp³-hybridized carbons (Fsp3) is 0.250. The van der Waals surface area contributed by atoms with Crippen molar-refractivity contribution in [2.45, 2.75) is 33.8 Å². The number of ether oxygens (including phenoxy) is 1. The van der Waals surface area contributed by atoms with Gasteiger partial charge in [-0.3, -0.25) is 9.59 Å². The van der Waals surface area contributed by atoms with Crippen molar-refractivity contribution in [3.8, 4) is 10.6 Å². The maximum atomic E-state index is 12.6. The van der Waals surface area contributed by atoms with Gasteiger partial charge in [-0.25, -0.2) is 9.78 Å². The molecule has 0 aliphatic carbocycles. The van der Waals surface area contributed by atoms with Gasteiger partial charge in [-0.15, -0.1) is 11.3 Å². The Morgan fingerprint density at radius 2 is 1.61 bits per heavy atom. The van der Waals surface area contributed by atoms with Crippen LogP contribution in [0.2, 0.25) is 0 Å². The number of nitrogens with zero attached hydrogens (tertiary/aromatic N) is 1. The minimum absolute atomic E-state index is 0.102. The van der Waals surface area contributed by atoms with Crippen LogP contribution in [0.5, 0.6) is 0 Å². The predicted molar refractivity (Wildman–Crippen MR) is 121 cm³/mol. The van der Waals surface area contributed by atoms with E-state index in [2.05, 4.69) is 10.3 Å². The smallest absolute Gasteiger partial charge is 0.358 e. The highest BCUT2D eigenvalue weighted by atomic mass is 32.1. The van der Waals surface area contributed by atoms with Crippen LogP contribution in [0.3, 0.4) is 0 Å². The number of esters is 1. The first-order chi connectivity index (χ1) is 14.7. The van der Waals surface area contributed by atoms with E-state index in [4.69, 9.17) is 4.74 Å². The molecule has 2 aromatic carbocycles. The Balaban J connectivity index is 1.62. The Kier molecular flexibility index (Phi) is 6.97. The third-order valence-electron chi connectivity index (χ3n) is 4.63. The van der Waals surface area contributed by atoms with Gasteiger partial charge in [0.25, 0.3) is 0 Å². The number of thiazole rings is 1. The summed E-state index contributed by atoms with van der Waals surface area (Å²) in [6, 6.07) is 14.4. The number of aromatic nitrogens is 1. The number of aryl methyl sites for hydroxylation is 1. The van der Waals surface area contributed by atoms with Gasteiger partial charge >= 0.3 is 5.97 Å². The van der Waals surface area contributed by atoms with Crippen molar-refractivity contribution in [1.29, 1.82) is 0 Å². The van der Waals surface area contributed by atoms with Crippen LogP contribution in [0, 0.1) is 12.8 Å². The predicted octanol–water partition coefficient (Wildman–Crippen LogP) is 5.14. The molecule has 0 saturated carbocycles. The first kappa shape index (κ1) is 22.4. The van der Waals surface area contributed by atoms with E-state index < -0.39 is 12.1 Å². The zero-order valence-corrected chi connectivity index (χ0v) is 18.7. The highest BCUT2D eigenvalue weighted by Crippen LogP contribution is 2.24. The van der Waals surface area contributed by atoms with Crippen LogP contribution in [-0.4, -0.2) is 28.7 Å². The van der Waals surface area contributed by atoms with E-state index in [1.807, 2.05) is 31.2 Å². The van der Waals surface area contributed by atoms with Gasteiger partial charge in [0.1, 0.15) is 5.01 Å². The maximum absolute atomic E-state index is 12.6. The molecule has 0 bridgehead atoms. The molecule has 6 nitrogen and oxygen atoms in total. The number of anilines is 1. The molecule has 1 aromatic heterocycles. The second-order valence-electron chi connectivity index (χ2n) is 7.54. The SMILES string of the molecule is Cc1ccc(-c2nc(C(=O)OC(C)C(=O)c3ccc(NC(=O)C(C)C)cc3)cs2)cc1. The van der Waals surface area contributed by atoms with E-state index >= 15 is 0 Å². The van der Waals surface area contributed by atoms with Crippen molar-refractivity contribution >= 4 is 34.7 Å². The molecule has 0 saturated heterocycles. The third-order valence-corrected chi connectivity index (χ3v) is 5.52. The summed E-state index contributed by atoms with van der Waals surface area (Å²) in [4.78, 5) is 41.2. The molecule has 1 N–H and O–H groups in total. The van der Waals surface area contributed by atoms with Gasteiger partial charge < -0.3 is 10.1 Å². The molecule has 0 fully saturated rings. The number of Topliss-reactive ketones (excluding diaryl/α,β-unsaturated/α-hetero) is 1. The minimum atomic E-state index is -0.965. The van der Waals surface area contributed by atoms with Crippen LogP contribution in [0.15, 0.2) is 53.9 Å². The Hall–Kier alpha value is -3.32. The molecular formula is C24H24N2O4S. The summed E-state index contributed by atoms with van der Waals surface area (Å²) in [5, 5.41) is 5.11. The zero-order valence-electron chi connectivity index (χ0n) is 17.8. The standard InChI is InChI=1S/C24H24N2O4S/c1-14(2)22(28)25-19-11-9-17(10-12-19)21(27)16(4)30-24(29)20-13-31-23(26-20)18-7-5-15(3)6-8-18/h5-14,16H,1-4H3,(H,25,28). The molecular weight excluding hydrogens is 412 g/mol. The van der Waals surface area contributed by atoms with E-state index in [0.29, 0.717) is 16.3 Å². The Morgan fingerprint density at radius 1 is 0.968 bits per heavy atom. The molecule has 0 radical (unpaired) electrons. The van der Waals surface area contributed by atoms with E-state index in [9.17, 15) is 14.4 Å². The molecule has 0 aliphatic heterocycles. The summed E-state index contributed by atoms with van der Waals surface area (Å²) in [5.74, 6) is -1.21. The van der Waals surface area contributed by atoms with Crippen molar-refractivity contribution < 1.29 is 19.1 Å². The first-order valence-corrected chi connectivity index (χ1v) is 10.8. The maximum Gasteiger partial charge on any atom is 0.358 e. The summed E-state index contributed by atoms with van der Waals surface area (Å²) in [6.45, 7) is 7.13. The molecule has 1 amide bonds. The summed E-state index contributed by atoms with van der Waals surface area (Å²) < 4.78 is 5.33. The molecule has 3 aromatic rings. The molecule has 3 rings (SSSR count). The zero-order chi connectivity index (χ0) is 22.5. The highest BCUT2D eigenvalue weighted by molar-refractivity contribution is 7.13. The van der Waals surface area contributed by atoms with Crippen LogP contribution in [0.25, 0.3) is 10.6 Å². The number of carbonyl (C=O) groups is 3. The summed E-state index contributed by atoms with van der Waals surface area (Å²) >= 11 is 1.35. The fourth-order valence-electron chi connectivity index (χ4n) is 2.71. The Bertz CT molecular complexity index is 1090. The van der Waals surface area contributed by atoms with Gasteiger partial charge in [-0.05, 0) is 38.1 Å². The summed E-state index contributed by atoms with van der Waals surface area (Å²) in [5.41, 5.74) is 3.23. The fourth-order valence-corrected chi connectivity index (χ4v) is 3.51. The van der Waals surface area contributed by atoms with Gasteiger partial charge in [0, 0.05) is 28.1 Å². The second kappa shape index (κ2) is 9.66. The van der Waals surface area contributed by atoms with Gasteiger partial charge in [-0.2, -0.15) is 0 Å². The lowest BCUT2D eigenvalue weighted by atomic mass is 10.1. The lowest BCUT2D eigenvalue weighted by Crippen LogP contribution is -2.24. The van der Waals surface area contributed by atoms with Gasteiger partial charge in [0.05, 0.1) is 0 Å². The molecule has 0 spiro atoms.